The highest BCUT2D eigenvalue weighted by Crippen LogP contribution is 2.68. The maximum absolute atomic E-state index is 13.8. The van der Waals surface area contributed by atoms with E-state index in [4.69, 9.17) is 0 Å². The first-order valence-electron chi connectivity index (χ1n) is 11.3. The SMILES string of the molecule is CNC(=O)[C@@H]1[C@@H]2CC(C)C3(S2)C(C(=O)NC(C)(C)CC(C)(C)C)N([C@H](C)CO)C(=O)[C@H]13. The topological polar surface area (TPSA) is 98.7 Å². The molecule has 0 aromatic rings. The quantitative estimate of drug-likeness (QED) is 0.569. The summed E-state index contributed by atoms with van der Waals surface area (Å²) >= 11 is 1.65. The lowest BCUT2D eigenvalue weighted by molar-refractivity contribution is -0.142. The van der Waals surface area contributed by atoms with Gasteiger partial charge in [0.05, 0.1) is 29.2 Å². The zero-order valence-corrected chi connectivity index (χ0v) is 20.9. The molecule has 1 spiro atoms. The van der Waals surface area contributed by atoms with Crippen molar-refractivity contribution in [2.75, 3.05) is 13.7 Å². The zero-order valence-electron chi connectivity index (χ0n) is 20.1. The van der Waals surface area contributed by atoms with Crippen molar-refractivity contribution in [2.45, 2.75) is 88.9 Å². The fraction of sp³-hybridized carbons (Fsp3) is 0.870. The molecule has 3 rings (SSSR count). The van der Waals surface area contributed by atoms with Gasteiger partial charge < -0.3 is 20.6 Å². The van der Waals surface area contributed by atoms with Crippen molar-refractivity contribution in [1.82, 2.24) is 15.5 Å². The van der Waals surface area contributed by atoms with Gasteiger partial charge in [0.25, 0.3) is 0 Å². The summed E-state index contributed by atoms with van der Waals surface area (Å²) in [5.74, 6) is -1.34. The molecule has 8 heteroatoms. The van der Waals surface area contributed by atoms with Crippen LogP contribution < -0.4 is 10.6 Å². The van der Waals surface area contributed by atoms with Crippen LogP contribution in [0.15, 0.2) is 0 Å². The summed E-state index contributed by atoms with van der Waals surface area (Å²) in [6.45, 7) is 14.1. The number of rotatable bonds is 6. The Hall–Kier alpha value is -1.28. The first kappa shape index (κ1) is 24.4. The summed E-state index contributed by atoms with van der Waals surface area (Å²) < 4.78 is -0.649. The fourth-order valence-corrected chi connectivity index (χ4v) is 8.97. The van der Waals surface area contributed by atoms with E-state index < -0.39 is 34.2 Å². The molecule has 3 aliphatic heterocycles. The zero-order chi connectivity index (χ0) is 23.5. The lowest BCUT2D eigenvalue weighted by Crippen LogP contribution is -2.61. The molecule has 0 saturated carbocycles. The minimum Gasteiger partial charge on any atom is -0.394 e. The molecule has 31 heavy (non-hydrogen) atoms. The fourth-order valence-electron chi connectivity index (χ4n) is 6.56. The molecular weight excluding hydrogens is 414 g/mol. The van der Waals surface area contributed by atoms with E-state index in [-0.39, 0.29) is 40.9 Å². The molecule has 7 atom stereocenters. The minimum atomic E-state index is -0.703. The molecule has 3 fully saturated rings. The molecule has 0 aromatic heterocycles. The lowest BCUT2D eigenvalue weighted by Gasteiger charge is -2.42. The van der Waals surface area contributed by atoms with E-state index in [1.807, 2.05) is 13.8 Å². The number of amides is 3. The first-order chi connectivity index (χ1) is 14.2. The highest BCUT2D eigenvalue weighted by Gasteiger charge is 2.76. The number of nitrogens with one attached hydrogen (secondary N) is 2. The number of thioether (sulfide) groups is 1. The number of fused-ring (bicyclic) bond motifs is 1. The van der Waals surface area contributed by atoms with E-state index >= 15 is 0 Å². The Kier molecular flexibility index (Phi) is 6.24. The Labute approximate surface area is 190 Å². The Morgan fingerprint density at radius 2 is 1.87 bits per heavy atom. The minimum absolute atomic E-state index is 0.0271. The second-order valence-electron chi connectivity index (χ2n) is 11.6. The van der Waals surface area contributed by atoms with Crippen molar-refractivity contribution in [2.24, 2.45) is 23.2 Å². The summed E-state index contributed by atoms with van der Waals surface area (Å²) in [4.78, 5) is 41.9. The Morgan fingerprint density at radius 3 is 2.39 bits per heavy atom. The van der Waals surface area contributed by atoms with E-state index in [1.165, 1.54) is 0 Å². The van der Waals surface area contributed by atoms with Crippen LogP contribution in [0.25, 0.3) is 0 Å². The molecule has 2 bridgehead atoms. The van der Waals surface area contributed by atoms with Crippen LogP contribution in [0.1, 0.15) is 61.3 Å². The van der Waals surface area contributed by atoms with Gasteiger partial charge in [0.2, 0.25) is 17.7 Å². The van der Waals surface area contributed by atoms with Crippen molar-refractivity contribution in [3.63, 3.8) is 0 Å². The average Bonchev–Trinajstić information content (AvgIpc) is 3.21. The number of nitrogens with zero attached hydrogens (tertiary/aromatic N) is 1. The highest BCUT2D eigenvalue weighted by atomic mass is 32.2. The van der Waals surface area contributed by atoms with Gasteiger partial charge >= 0.3 is 0 Å². The van der Waals surface area contributed by atoms with E-state index in [1.54, 1.807) is 30.6 Å². The molecule has 3 unspecified atom stereocenters. The van der Waals surface area contributed by atoms with Gasteiger partial charge in [-0.3, -0.25) is 14.4 Å². The van der Waals surface area contributed by atoms with Gasteiger partial charge in [-0.05, 0) is 44.9 Å². The van der Waals surface area contributed by atoms with Crippen LogP contribution in [0.4, 0.5) is 0 Å². The Balaban J connectivity index is 2.03. The van der Waals surface area contributed by atoms with Crippen LogP contribution in [-0.2, 0) is 14.4 Å². The number of aliphatic hydroxyl groups is 1. The van der Waals surface area contributed by atoms with Gasteiger partial charge in [0.15, 0.2) is 0 Å². The smallest absolute Gasteiger partial charge is 0.244 e. The molecule has 3 saturated heterocycles. The lowest BCUT2D eigenvalue weighted by atomic mass is 9.65. The third kappa shape index (κ3) is 3.88. The Morgan fingerprint density at radius 1 is 1.26 bits per heavy atom. The summed E-state index contributed by atoms with van der Waals surface area (Å²) in [7, 11) is 1.60. The monoisotopic (exact) mass is 453 g/mol. The van der Waals surface area contributed by atoms with Gasteiger partial charge in [-0.1, -0.05) is 27.7 Å². The maximum Gasteiger partial charge on any atom is 0.244 e. The largest absolute Gasteiger partial charge is 0.394 e. The molecule has 0 aromatic carbocycles. The third-order valence-corrected chi connectivity index (χ3v) is 9.23. The van der Waals surface area contributed by atoms with Gasteiger partial charge in [-0.25, -0.2) is 0 Å². The van der Waals surface area contributed by atoms with Gasteiger partial charge in [-0.15, -0.1) is 11.8 Å². The van der Waals surface area contributed by atoms with Gasteiger partial charge in [0.1, 0.15) is 6.04 Å². The molecule has 0 aliphatic carbocycles. The Bertz CT molecular complexity index is 764. The van der Waals surface area contributed by atoms with Gasteiger partial charge in [0, 0.05) is 17.8 Å². The summed E-state index contributed by atoms with van der Waals surface area (Å²) in [6.07, 6.45) is 1.59. The first-order valence-corrected chi connectivity index (χ1v) is 12.2. The second-order valence-corrected chi connectivity index (χ2v) is 13.1. The predicted octanol–water partition coefficient (Wildman–Crippen LogP) is 1.78. The number of likely N-dealkylation sites (tertiary alicyclic amines) is 1. The average molecular weight is 454 g/mol. The molecular formula is C23H39N3O4S. The second kappa shape index (κ2) is 7.94. The normalized spacial score (nSPS) is 35.8. The predicted molar refractivity (Wildman–Crippen MR) is 122 cm³/mol. The standard InChI is InChI=1S/C23H39N3O4S/c1-12-9-14-15(18(28)24-8)16-20(30)26(13(2)10-27)17(23(12,16)31-14)19(29)25-22(6,7)11-21(3,4)5/h12-17,27H,9-11H2,1-8H3,(H,24,28)(H,25,29)/t12?,13-,14+,15-,16+,17?,23?/m1/s1. The molecule has 3 amide bonds. The van der Waals surface area contributed by atoms with Crippen LogP contribution in [0.3, 0.4) is 0 Å². The van der Waals surface area contributed by atoms with E-state index in [9.17, 15) is 19.5 Å². The number of hydrogen-bond acceptors (Lipinski definition) is 5. The van der Waals surface area contributed by atoms with Crippen LogP contribution >= 0.6 is 11.8 Å². The van der Waals surface area contributed by atoms with Crippen molar-refractivity contribution in [1.29, 1.82) is 0 Å². The van der Waals surface area contributed by atoms with Gasteiger partial charge in [-0.2, -0.15) is 0 Å². The van der Waals surface area contributed by atoms with E-state index in [2.05, 4.69) is 38.3 Å². The molecule has 7 nitrogen and oxygen atoms in total. The molecule has 176 valence electrons. The van der Waals surface area contributed by atoms with Crippen LogP contribution in [0, 0.1) is 23.2 Å². The summed E-state index contributed by atoms with van der Waals surface area (Å²) in [5.41, 5.74) is -0.425. The summed E-state index contributed by atoms with van der Waals surface area (Å²) in [6, 6.07) is -1.20. The number of aliphatic hydroxyl groups excluding tert-OH is 1. The van der Waals surface area contributed by atoms with Crippen molar-refractivity contribution >= 4 is 29.5 Å². The maximum atomic E-state index is 13.8. The number of hydrogen-bond donors (Lipinski definition) is 3. The molecule has 3 heterocycles. The van der Waals surface area contributed by atoms with Crippen molar-refractivity contribution in [3.8, 4) is 0 Å². The number of carbonyl (C=O) groups excluding carboxylic acids is 3. The highest BCUT2D eigenvalue weighted by molar-refractivity contribution is 8.02. The van der Waals surface area contributed by atoms with Crippen LogP contribution in [0.5, 0.6) is 0 Å². The number of carbonyl (C=O) groups is 3. The van der Waals surface area contributed by atoms with Crippen molar-refractivity contribution < 1.29 is 19.5 Å². The third-order valence-electron chi connectivity index (χ3n) is 7.15. The van der Waals surface area contributed by atoms with E-state index in [0.29, 0.717) is 0 Å². The van der Waals surface area contributed by atoms with Crippen LogP contribution in [-0.4, -0.2) is 69.0 Å². The van der Waals surface area contributed by atoms with Crippen molar-refractivity contribution in [3.05, 3.63) is 0 Å². The molecule has 0 radical (unpaired) electrons. The van der Waals surface area contributed by atoms with Crippen LogP contribution in [0.2, 0.25) is 0 Å². The summed E-state index contributed by atoms with van der Waals surface area (Å²) in [5, 5.41) is 15.9. The van der Waals surface area contributed by atoms with E-state index in [0.717, 1.165) is 12.8 Å². The molecule has 3 N–H and O–H groups in total. The molecule has 3 aliphatic rings.